The standard InChI is InChI=1S/C18H17N3O5S/c1-25-14-7-3-11(9-15(14)26-2)4-8-17(22)20-18-19-13-6-5-12(21(23)24)10-16(13)27-18/h3,5-7,9-10H,4,8H2,1-2H3,(H,19,20,22). The van der Waals surface area contributed by atoms with Crippen LogP contribution >= 0.6 is 11.3 Å². The third-order valence-electron chi connectivity index (χ3n) is 3.92. The maximum atomic E-state index is 12.2. The van der Waals surface area contributed by atoms with E-state index in [4.69, 9.17) is 9.47 Å². The SMILES string of the molecule is COc1ccc(CCC(=O)Nc2nc3ccc([N+](=O)[O-])cc3s2)cc1OC. The van der Waals surface area contributed by atoms with Crippen molar-refractivity contribution in [2.24, 2.45) is 0 Å². The minimum atomic E-state index is -0.458. The van der Waals surface area contributed by atoms with Crippen LogP contribution in [0.15, 0.2) is 36.4 Å². The number of nitro groups is 1. The van der Waals surface area contributed by atoms with Crippen LogP contribution in [0.5, 0.6) is 11.5 Å². The van der Waals surface area contributed by atoms with Gasteiger partial charge in [-0.15, -0.1) is 0 Å². The molecule has 0 unspecified atom stereocenters. The average molecular weight is 387 g/mol. The zero-order chi connectivity index (χ0) is 19.4. The van der Waals surface area contributed by atoms with Crippen molar-refractivity contribution < 1.29 is 19.2 Å². The number of rotatable bonds is 7. The Morgan fingerprint density at radius 3 is 2.67 bits per heavy atom. The van der Waals surface area contributed by atoms with Crippen LogP contribution in [-0.2, 0) is 11.2 Å². The Labute approximate surface area is 158 Å². The lowest BCUT2D eigenvalue weighted by molar-refractivity contribution is -0.384. The van der Waals surface area contributed by atoms with E-state index in [1.54, 1.807) is 26.4 Å². The van der Waals surface area contributed by atoms with Gasteiger partial charge in [-0.2, -0.15) is 0 Å². The summed E-state index contributed by atoms with van der Waals surface area (Å²) >= 11 is 1.21. The zero-order valence-corrected chi connectivity index (χ0v) is 15.5. The van der Waals surface area contributed by atoms with E-state index in [9.17, 15) is 14.9 Å². The summed E-state index contributed by atoms with van der Waals surface area (Å²) in [7, 11) is 3.13. The number of hydrogen-bond acceptors (Lipinski definition) is 7. The summed E-state index contributed by atoms with van der Waals surface area (Å²) in [6, 6.07) is 9.93. The van der Waals surface area contributed by atoms with Gasteiger partial charge in [0.1, 0.15) is 0 Å². The third kappa shape index (κ3) is 4.32. The fraction of sp³-hybridized carbons (Fsp3) is 0.222. The van der Waals surface area contributed by atoms with E-state index < -0.39 is 4.92 Å². The maximum absolute atomic E-state index is 12.2. The Hall–Kier alpha value is -3.20. The zero-order valence-electron chi connectivity index (χ0n) is 14.7. The van der Waals surface area contributed by atoms with Gasteiger partial charge in [-0.1, -0.05) is 17.4 Å². The number of hydrogen-bond donors (Lipinski definition) is 1. The first-order valence-corrected chi connectivity index (χ1v) is 8.87. The summed E-state index contributed by atoms with van der Waals surface area (Å²) in [5.41, 5.74) is 1.56. The molecule has 1 N–H and O–H groups in total. The van der Waals surface area contributed by atoms with Crippen molar-refractivity contribution in [1.82, 2.24) is 4.98 Å². The molecule has 0 aliphatic carbocycles. The lowest BCUT2D eigenvalue weighted by Gasteiger charge is -2.09. The number of nitro benzene ring substituents is 1. The number of amides is 1. The summed E-state index contributed by atoms with van der Waals surface area (Å²) in [5, 5.41) is 14.0. The molecule has 1 heterocycles. The van der Waals surface area contributed by atoms with Crippen molar-refractivity contribution in [2.75, 3.05) is 19.5 Å². The normalized spacial score (nSPS) is 10.6. The number of nitrogens with one attached hydrogen (secondary N) is 1. The molecule has 1 aromatic heterocycles. The molecule has 27 heavy (non-hydrogen) atoms. The highest BCUT2D eigenvalue weighted by atomic mass is 32.1. The number of non-ortho nitro benzene ring substituents is 1. The molecule has 3 rings (SSSR count). The number of carbonyl (C=O) groups is 1. The number of benzene rings is 2. The molecule has 1 amide bonds. The smallest absolute Gasteiger partial charge is 0.270 e. The summed E-state index contributed by atoms with van der Waals surface area (Å²) in [6.45, 7) is 0. The van der Waals surface area contributed by atoms with Crippen molar-refractivity contribution in [3.8, 4) is 11.5 Å². The number of thiazole rings is 1. The van der Waals surface area contributed by atoms with Crippen molar-refractivity contribution in [3.05, 3.63) is 52.1 Å². The number of ether oxygens (including phenoxy) is 2. The van der Waals surface area contributed by atoms with Gasteiger partial charge < -0.3 is 14.8 Å². The van der Waals surface area contributed by atoms with Gasteiger partial charge in [0, 0.05) is 18.6 Å². The first-order valence-electron chi connectivity index (χ1n) is 8.06. The minimum Gasteiger partial charge on any atom is -0.493 e. The maximum Gasteiger partial charge on any atom is 0.270 e. The summed E-state index contributed by atoms with van der Waals surface area (Å²) in [6.07, 6.45) is 0.800. The van der Waals surface area contributed by atoms with Crippen LogP contribution in [0, 0.1) is 10.1 Å². The van der Waals surface area contributed by atoms with Crippen LogP contribution in [-0.4, -0.2) is 30.0 Å². The second-order valence-electron chi connectivity index (χ2n) is 5.67. The Balaban J connectivity index is 1.64. The van der Waals surface area contributed by atoms with Crippen LogP contribution in [0.25, 0.3) is 10.2 Å². The number of aryl methyl sites for hydroxylation is 1. The van der Waals surface area contributed by atoms with E-state index in [1.807, 2.05) is 12.1 Å². The van der Waals surface area contributed by atoms with Crippen molar-refractivity contribution in [3.63, 3.8) is 0 Å². The molecular formula is C18H17N3O5S. The van der Waals surface area contributed by atoms with Crippen LogP contribution in [0.2, 0.25) is 0 Å². The summed E-state index contributed by atoms with van der Waals surface area (Å²) < 4.78 is 11.1. The molecule has 0 radical (unpaired) electrons. The van der Waals surface area contributed by atoms with Gasteiger partial charge in [0.15, 0.2) is 16.6 Å². The highest BCUT2D eigenvalue weighted by Crippen LogP contribution is 2.30. The van der Waals surface area contributed by atoms with E-state index in [2.05, 4.69) is 10.3 Å². The van der Waals surface area contributed by atoms with Gasteiger partial charge >= 0.3 is 0 Å². The van der Waals surface area contributed by atoms with Gasteiger partial charge in [-0.25, -0.2) is 4.98 Å². The van der Waals surface area contributed by atoms with E-state index in [0.717, 1.165) is 5.56 Å². The van der Waals surface area contributed by atoms with Crippen molar-refractivity contribution in [2.45, 2.75) is 12.8 Å². The monoisotopic (exact) mass is 387 g/mol. The largest absolute Gasteiger partial charge is 0.493 e. The Kier molecular flexibility index (Phi) is 5.51. The molecule has 0 saturated carbocycles. The Morgan fingerprint density at radius 2 is 1.96 bits per heavy atom. The predicted molar refractivity (Wildman–Crippen MR) is 103 cm³/mol. The number of fused-ring (bicyclic) bond motifs is 1. The molecule has 0 fully saturated rings. The molecule has 0 bridgehead atoms. The molecule has 140 valence electrons. The topological polar surface area (TPSA) is 104 Å². The lowest BCUT2D eigenvalue weighted by Crippen LogP contribution is -2.12. The van der Waals surface area contributed by atoms with Gasteiger partial charge in [0.25, 0.3) is 5.69 Å². The number of carbonyl (C=O) groups excluding carboxylic acids is 1. The second kappa shape index (κ2) is 8.00. The molecule has 8 nitrogen and oxygen atoms in total. The molecule has 0 aliphatic rings. The van der Waals surface area contributed by atoms with Crippen LogP contribution in [0.1, 0.15) is 12.0 Å². The fourth-order valence-electron chi connectivity index (χ4n) is 2.56. The lowest BCUT2D eigenvalue weighted by atomic mass is 10.1. The molecule has 3 aromatic rings. The summed E-state index contributed by atoms with van der Waals surface area (Å²) in [5.74, 6) is 1.07. The van der Waals surface area contributed by atoms with E-state index in [1.165, 1.54) is 23.5 Å². The number of methoxy groups -OCH3 is 2. The minimum absolute atomic E-state index is 0.00233. The number of aromatic nitrogens is 1. The van der Waals surface area contributed by atoms with Gasteiger partial charge in [0.2, 0.25) is 5.91 Å². The quantitative estimate of drug-likeness (QED) is 0.489. The molecule has 0 spiro atoms. The average Bonchev–Trinajstić information content (AvgIpc) is 3.07. The van der Waals surface area contributed by atoms with E-state index >= 15 is 0 Å². The fourth-order valence-corrected chi connectivity index (χ4v) is 3.47. The van der Waals surface area contributed by atoms with E-state index in [-0.39, 0.29) is 18.0 Å². The molecule has 0 atom stereocenters. The van der Waals surface area contributed by atoms with Crippen molar-refractivity contribution in [1.29, 1.82) is 0 Å². The number of nitrogens with zero attached hydrogens (tertiary/aromatic N) is 2. The highest BCUT2D eigenvalue weighted by molar-refractivity contribution is 7.22. The molecular weight excluding hydrogens is 370 g/mol. The highest BCUT2D eigenvalue weighted by Gasteiger charge is 2.12. The molecule has 0 saturated heterocycles. The predicted octanol–water partition coefficient (Wildman–Crippen LogP) is 3.79. The second-order valence-corrected chi connectivity index (χ2v) is 6.70. The molecule has 9 heteroatoms. The van der Waals surface area contributed by atoms with E-state index in [0.29, 0.717) is 33.3 Å². The first-order chi connectivity index (χ1) is 13.0. The van der Waals surface area contributed by atoms with Crippen LogP contribution < -0.4 is 14.8 Å². The Bertz CT molecular complexity index is 1000. The Morgan fingerprint density at radius 1 is 1.19 bits per heavy atom. The molecule has 0 aliphatic heterocycles. The van der Waals surface area contributed by atoms with Gasteiger partial charge in [-0.3, -0.25) is 14.9 Å². The van der Waals surface area contributed by atoms with Gasteiger partial charge in [-0.05, 0) is 30.2 Å². The third-order valence-corrected chi connectivity index (χ3v) is 4.85. The summed E-state index contributed by atoms with van der Waals surface area (Å²) in [4.78, 5) is 26.9. The van der Waals surface area contributed by atoms with Crippen LogP contribution in [0.4, 0.5) is 10.8 Å². The van der Waals surface area contributed by atoms with Gasteiger partial charge in [0.05, 0.1) is 29.4 Å². The first kappa shape index (κ1) is 18.6. The number of anilines is 1. The van der Waals surface area contributed by atoms with Crippen LogP contribution in [0.3, 0.4) is 0 Å². The molecule has 2 aromatic carbocycles. The van der Waals surface area contributed by atoms with Crippen molar-refractivity contribution >= 4 is 38.3 Å².